The molecule has 3 rings (SSSR count). The average Bonchev–Trinajstić information content (AvgIpc) is 2.95. The molecule has 1 aliphatic carbocycles. The number of fused-ring (bicyclic) bond motifs is 1. The third-order valence-electron chi connectivity index (χ3n) is 4.65. The number of aliphatic hydroxyl groups excluding tert-OH is 1. The topological polar surface area (TPSA) is 25.2 Å². The maximum absolute atomic E-state index is 10.0. The van der Waals surface area contributed by atoms with Crippen LogP contribution in [0.25, 0.3) is 10.9 Å². The standard InChI is InChI=1S/C17H23NO/c1-3-12-6-4-8-15-14(11-18(2)17(12)15)10-13-7-5-9-16(13)19/h4,6,8,11,13,16,19H,3,5,7,9-10H2,1-2H3. The number of benzene rings is 1. The molecule has 1 aliphatic rings. The Morgan fingerprint density at radius 3 is 2.79 bits per heavy atom. The van der Waals surface area contributed by atoms with Crippen LogP contribution in [0.3, 0.4) is 0 Å². The first-order valence-electron chi connectivity index (χ1n) is 7.44. The second-order valence-corrected chi connectivity index (χ2v) is 5.89. The SMILES string of the molecule is CCc1cccc2c(CC3CCCC3O)cn(C)c12. The Balaban J connectivity index is 2.00. The lowest BCUT2D eigenvalue weighted by molar-refractivity contribution is 0.133. The number of hydrogen-bond donors (Lipinski definition) is 1. The Hall–Kier alpha value is -1.28. The van der Waals surface area contributed by atoms with Crippen molar-refractivity contribution in [1.29, 1.82) is 0 Å². The van der Waals surface area contributed by atoms with Crippen molar-refractivity contribution in [3.63, 3.8) is 0 Å². The molecule has 1 N–H and O–H groups in total. The highest BCUT2D eigenvalue weighted by Crippen LogP contribution is 2.32. The smallest absolute Gasteiger partial charge is 0.0571 e. The van der Waals surface area contributed by atoms with Gasteiger partial charge in [0.05, 0.1) is 11.6 Å². The van der Waals surface area contributed by atoms with E-state index < -0.39 is 0 Å². The second-order valence-electron chi connectivity index (χ2n) is 5.89. The van der Waals surface area contributed by atoms with Crippen LogP contribution in [0, 0.1) is 5.92 Å². The summed E-state index contributed by atoms with van der Waals surface area (Å²) in [4.78, 5) is 0. The lowest BCUT2D eigenvalue weighted by Crippen LogP contribution is -2.15. The van der Waals surface area contributed by atoms with Gasteiger partial charge >= 0.3 is 0 Å². The van der Waals surface area contributed by atoms with Crippen molar-refractivity contribution < 1.29 is 5.11 Å². The van der Waals surface area contributed by atoms with Gasteiger partial charge in [-0.25, -0.2) is 0 Å². The first-order chi connectivity index (χ1) is 9.20. The Morgan fingerprint density at radius 2 is 2.11 bits per heavy atom. The van der Waals surface area contributed by atoms with Gasteiger partial charge in [-0.3, -0.25) is 0 Å². The quantitative estimate of drug-likeness (QED) is 0.895. The Bertz CT molecular complexity index is 584. The van der Waals surface area contributed by atoms with Crippen LogP contribution >= 0.6 is 0 Å². The van der Waals surface area contributed by atoms with Gasteiger partial charge in [0, 0.05) is 18.6 Å². The molecule has 0 bridgehead atoms. The third-order valence-corrected chi connectivity index (χ3v) is 4.65. The maximum Gasteiger partial charge on any atom is 0.0571 e. The van der Waals surface area contributed by atoms with E-state index in [1.807, 2.05) is 0 Å². The monoisotopic (exact) mass is 257 g/mol. The Labute approximate surface area is 115 Å². The van der Waals surface area contributed by atoms with Gasteiger partial charge in [-0.2, -0.15) is 0 Å². The fraction of sp³-hybridized carbons (Fsp3) is 0.529. The van der Waals surface area contributed by atoms with Gasteiger partial charge in [0.15, 0.2) is 0 Å². The van der Waals surface area contributed by atoms with Crippen LogP contribution in [0.2, 0.25) is 0 Å². The number of hydrogen-bond acceptors (Lipinski definition) is 1. The molecule has 1 aromatic heterocycles. The molecule has 2 unspecified atom stereocenters. The lowest BCUT2D eigenvalue weighted by Gasteiger charge is -2.13. The fourth-order valence-corrected chi connectivity index (χ4v) is 3.62. The van der Waals surface area contributed by atoms with Gasteiger partial charge in [0.1, 0.15) is 0 Å². The predicted molar refractivity (Wildman–Crippen MR) is 79.3 cm³/mol. The summed E-state index contributed by atoms with van der Waals surface area (Å²) < 4.78 is 2.25. The van der Waals surface area contributed by atoms with Gasteiger partial charge in [-0.05, 0) is 42.7 Å². The average molecular weight is 257 g/mol. The van der Waals surface area contributed by atoms with Gasteiger partial charge < -0.3 is 9.67 Å². The third kappa shape index (κ3) is 2.18. The minimum Gasteiger partial charge on any atom is -0.393 e. The van der Waals surface area contributed by atoms with E-state index in [0.29, 0.717) is 5.92 Å². The molecule has 1 saturated carbocycles. The number of aromatic nitrogens is 1. The number of aryl methyl sites for hydroxylation is 2. The summed E-state index contributed by atoms with van der Waals surface area (Å²) >= 11 is 0. The van der Waals surface area contributed by atoms with Crippen LogP contribution in [0.4, 0.5) is 0 Å². The highest BCUT2D eigenvalue weighted by Gasteiger charge is 2.26. The molecule has 2 atom stereocenters. The van der Waals surface area contributed by atoms with E-state index in [0.717, 1.165) is 19.3 Å². The van der Waals surface area contributed by atoms with E-state index in [2.05, 4.69) is 42.9 Å². The first kappa shape index (κ1) is 12.7. The number of aliphatic hydroxyl groups is 1. The summed E-state index contributed by atoms with van der Waals surface area (Å²) in [6, 6.07) is 6.61. The summed E-state index contributed by atoms with van der Waals surface area (Å²) in [6.45, 7) is 2.21. The minimum absolute atomic E-state index is 0.0930. The molecular weight excluding hydrogens is 234 g/mol. The van der Waals surface area contributed by atoms with Crippen molar-refractivity contribution in [2.75, 3.05) is 0 Å². The summed E-state index contributed by atoms with van der Waals surface area (Å²) in [5.41, 5.74) is 4.18. The minimum atomic E-state index is -0.0930. The molecule has 2 nitrogen and oxygen atoms in total. The Kier molecular flexibility index (Phi) is 3.36. The first-order valence-corrected chi connectivity index (χ1v) is 7.44. The van der Waals surface area contributed by atoms with Crippen molar-refractivity contribution in [3.8, 4) is 0 Å². The Morgan fingerprint density at radius 1 is 1.26 bits per heavy atom. The molecule has 0 spiro atoms. The van der Waals surface area contributed by atoms with Crippen LogP contribution in [0.5, 0.6) is 0 Å². The van der Waals surface area contributed by atoms with Gasteiger partial charge in [-0.15, -0.1) is 0 Å². The van der Waals surface area contributed by atoms with Crippen LogP contribution in [-0.4, -0.2) is 15.8 Å². The molecule has 1 heterocycles. The van der Waals surface area contributed by atoms with Crippen LogP contribution in [0.15, 0.2) is 24.4 Å². The molecule has 0 amide bonds. The zero-order chi connectivity index (χ0) is 13.4. The number of nitrogens with zero attached hydrogens (tertiary/aromatic N) is 1. The van der Waals surface area contributed by atoms with Crippen molar-refractivity contribution in [2.24, 2.45) is 13.0 Å². The van der Waals surface area contributed by atoms with E-state index in [-0.39, 0.29) is 6.10 Å². The molecular formula is C17H23NO. The van der Waals surface area contributed by atoms with Crippen molar-refractivity contribution in [1.82, 2.24) is 4.57 Å². The summed E-state index contributed by atoms with van der Waals surface area (Å²) in [7, 11) is 2.13. The highest BCUT2D eigenvalue weighted by atomic mass is 16.3. The van der Waals surface area contributed by atoms with Crippen LogP contribution in [-0.2, 0) is 19.9 Å². The molecule has 1 fully saturated rings. The zero-order valence-electron chi connectivity index (χ0n) is 11.9. The van der Waals surface area contributed by atoms with E-state index in [1.54, 1.807) is 0 Å². The lowest BCUT2D eigenvalue weighted by atomic mass is 9.95. The molecule has 0 aliphatic heterocycles. The highest BCUT2D eigenvalue weighted by molar-refractivity contribution is 5.86. The van der Waals surface area contributed by atoms with Crippen molar-refractivity contribution >= 4 is 10.9 Å². The predicted octanol–water partition coefficient (Wildman–Crippen LogP) is 3.44. The largest absolute Gasteiger partial charge is 0.393 e. The number of para-hydroxylation sites is 1. The molecule has 102 valence electrons. The van der Waals surface area contributed by atoms with E-state index >= 15 is 0 Å². The van der Waals surface area contributed by atoms with E-state index in [4.69, 9.17) is 0 Å². The van der Waals surface area contributed by atoms with Crippen LogP contribution in [0.1, 0.15) is 37.3 Å². The van der Waals surface area contributed by atoms with Gasteiger partial charge in [0.25, 0.3) is 0 Å². The zero-order valence-corrected chi connectivity index (χ0v) is 11.9. The summed E-state index contributed by atoms with van der Waals surface area (Å²) in [5, 5.41) is 11.4. The summed E-state index contributed by atoms with van der Waals surface area (Å²) in [5.74, 6) is 0.455. The molecule has 0 radical (unpaired) electrons. The molecule has 2 heteroatoms. The van der Waals surface area contributed by atoms with Crippen molar-refractivity contribution in [3.05, 3.63) is 35.5 Å². The fourth-order valence-electron chi connectivity index (χ4n) is 3.62. The second kappa shape index (κ2) is 5.01. The van der Waals surface area contributed by atoms with E-state index in [1.165, 1.54) is 34.9 Å². The van der Waals surface area contributed by atoms with E-state index in [9.17, 15) is 5.11 Å². The van der Waals surface area contributed by atoms with Gasteiger partial charge in [0.2, 0.25) is 0 Å². The molecule has 1 aromatic carbocycles. The molecule has 0 saturated heterocycles. The normalized spacial score (nSPS) is 23.3. The van der Waals surface area contributed by atoms with Crippen LogP contribution < -0.4 is 0 Å². The number of rotatable bonds is 3. The molecule has 2 aromatic rings. The van der Waals surface area contributed by atoms with Crippen molar-refractivity contribution in [2.45, 2.75) is 45.1 Å². The van der Waals surface area contributed by atoms with Gasteiger partial charge in [-0.1, -0.05) is 31.5 Å². The maximum atomic E-state index is 10.0. The summed E-state index contributed by atoms with van der Waals surface area (Å²) in [6.07, 6.45) is 7.59. The molecule has 19 heavy (non-hydrogen) atoms.